The summed E-state index contributed by atoms with van der Waals surface area (Å²) in [5.74, 6) is 0.317. The molecule has 5 heteroatoms. The number of β-amino-alcohol motifs (C(OH)–C–C–N with tert-alkyl or cyclic N) is 1. The summed E-state index contributed by atoms with van der Waals surface area (Å²) in [7, 11) is 0. The van der Waals surface area contributed by atoms with E-state index < -0.39 is 6.10 Å². The molecule has 1 amide bonds. The van der Waals surface area contributed by atoms with Crippen molar-refractivity contribution in [2.75, 3.05) is 13.1 Å². The summed E-state index contributed by atoms with van der Waals surface area (Å²) < 4.78 is 5.34. The zero-order valence-electron chi connectivity index (χ0n) is 12.3. The third-order valence-corrected chi connectivity index (χ3v) is 3.68. The summed E-state index contributed by atoms with van der Waals surface area (Å²) in [6.45, 7) is 10.7. The molecule has 0 aliphatic carbocycles. The van der Waals surface area contributed by atoms with Gasteiger partial charge in [0, 0.05) is 19.2 Å². The average Bonchev–Trinajstić information content (AvgIpc) is 2.97. The van der Waals surface area contributed by atoms with Crippen LogP contribution in [0.25, 0.3) is 5.57 Å². The van der Waals surface area contributed by atoms with E-state index in [2.05, 4.69) is 11.7 Å². The van der Waals surface area contributed by atoms with Crippen molar-refractivity contribution in [2.24, 2.45) is 5.92 Å². The Morgan fingerprint density at radius 3 is 2.75 bits per heavy atom. The predicted molar refractivity (Wildman–Crippen MR) is 76.0 cm³/mol. The summed E-state index contributed by atoms with van der Waals surface area (Å²) in [4.78, 5) is 14.3. The van der Waals surface area contributed by atoms with Crippen molar-refractivity contribution >= 4 is 11.5 Å². The number of rotatable bonds is 4. The minimum Gasteiger partial charge on any atom is -0.391 e. The van der Waals surface area contributed by atoms with Crippen LogP contribution in [0.2, 0.25) is 0 Å². The van der Waals surface area contributed by atoms with Gasteiger partial charge < -0.3 is 14.5 Å². The van der Waals surface area contributed by atoms with Gasteiger partial charge in [0.25, 0.3) is 0 Å². The molecule has 110 valence electrons. The maximum Gasteiger partial charge on any atom is 0.233 e. The quantitative estimate of drug-likeness (QED) is 0.915. The monoisotopic (exact) mass is 278 g/mol. The zero-order valence-corrected chi connectivity index (χ0v) is 12.3. The van der Waals surface area contributed by atoms with Crippen LogP contribution in [-0.2, 0) is 4.79 Å². The average molecular weight is 278 g/mol. The molecule has 20 heavy (non-hydrogen) atoms. The minimum atomic E-state index is -0.410. The van der Waals surface area contributed by atoms with Crippen LogP contribution in [-0.4, -0.2) is 40.3 Å². The standard InChI is InChI=1S/C15H22N2O3/c1-9(2)12-7-13(20-16-12)14(10(3)4)15(19)17-6-5-11(18)8-17/h7,10-11,14,18H,1,5-6,8H2,2-4H3. The van der Waals surface area contributed by atoms with Gasteiger partial charge in [0.1, 0.15) is 17.4 Å². The van der Waals surface area contributed by atoms with Crippen LogP contribution in [0.5, 0.6) is 0 Å². The number of nitrogens with zero attached hydrogens (tertiary/aromatic N) is 2. The second kappa shape index (κ2) is 5.79. The van der Waals surface area contributed by atoms with Gasteiger partial charge in [-0.3, -0.25) is 4.79 Å². The Morgan fingerprint density at radius 2 is 2.30 bits per heavy atom. The Morgan fingerprint density at radius 1 is 1.60 bits per heavy atom. The van der Waals surface area contributed by atoms with E-state index in [1.807, 2.05) is 20.8 Å². The fourth-order valence-electron chi connectivity index (χ4n) is 2.51. The van der Waals surface area contributed by atoms with Gasteiger partial charge in [0.15, 0.2) is 0 Å². The smallest absolute Gasteiger partial charge is 0.233 e. The first-order valence-electron chi connectivity index (χ1n) is 6.99. The van der Waals surface area contributed by atoms with E-state index in [4.69, 9.17) is 4.52 Å². The number of allylic oxidation sites excluding steroid dienone is 1. The Balaban J connectivity index is 2.21. The number of amides is 1. The Bertz CT molecular complexity index is 507. The van der Waals surface area contributed by atoms with Gasteiger partial charge in [-0.1, -0.05) is 25.6 Å². The second-order valence-electron chi connectivity index (χ2n) is 5.84. The van der Waals surface area contributed by atoms with E-state index >= 15 is 0 Å². The Labute approximate surface area is 119 Å². The Kier molecular flexibility index (Phi) is 4.28. The number of aliphatic hydroxyl groups excluding tert-OH is 1. The first kappa shape index (κ1) is 14.8. The second-order valence-corrected chi connectivity index (χ2v) is 5.84. The van der Waals surface area contributed by atoms with E-state index in [0.717, 1.165) is 5.57 Å². The summed E-state index contributed by atoms with van der Waals surface area (Å²) in [5.41, 5.74) is 1.49. The molecule has 1 aliphatic rings. The molecule has 0 spiro atoms. The molecule has 2 atom stereocenters. The van der Waals surface area contributed by atoms with Gasteiger partial charge in [-0.25, -0.2) is 0 Å². The fourth-order valence-corrected chi connectivity index (χ4v) is 2.51. The molecular weight excluding hydrogens is 256 g/mol. The normalized spacial score (nSPS) is 20.4. The van der Waals surface area contributed by atoms with E-state index in [-0.39, 0.29) is 17.7 Å². The summed E-state index contributed by atoms with van der Waals surface area (Å²) >= 11 is 0. The van der Waals surface area contributed by atoms with Crippen LogP contribution < -0.4 is 0 Å². The van der Waals surface area contributed by atoms with Gasteiger partial charge in [-0.15, -0.1) is 0 Å². The van der Waals surface area contributed by atoms with Crippen LogP contribution in [0.1, 0.15) is 44.6 Å². The van der Waals surface area contributed by atoms with Crippen molar-refractivity contribution in [2.45, 2.75) is 39.2 Å². The summed E-state index contributed by atoms with van der Waals surface area (Å²) in [6.07, 6.45) is 0.233. The largest absolute Gasteiger partial charge is 0.391 e. The summed E-state index contributed by atoms with van der Waals surface area (Å²) in [5, 5.41) is 13.5. The van der Waals surface area contributed by atoms with Crippen LogP contribution >= 0.6 is 0 Å². The lowest BCUT2D eigenvalue weighted by Crippen LogP contribution is -2.35. The molecule has 1 saturated heterocycles. The van der Waals surface area contributed by atoms with Crippen LogP contribution in [0, 0.1) is 5.92 Å². The molecule has 5 nitrogen and oxygen atoms in total. The molecule has 1 fully saturated rings. The SMILES string of the molecule is C=C(C)c1cc(C(C(=O)N2CCC(O)C2)C(C)C)on1. The molecule has 1 N–H and O–H groups in total. The molecule has 1 aromatic rings. The first-order chi connectivity index (χ1) is 9.40. The minimum absolute atomic E-state index is 0.000894. The van der Waals surface area contributed by atoms with Crippen LogP contribution in [0.3, 0.4) is 0 Å². The van der Waals surface area contributed by atoms with Gasteiger partial charge >= 0.3 is 0 Å². The number of hydrogen-bond donors (Lipinski definition) is 1. The maximum absolute atomic E-state index is 12.6. The van der Waals surface area contributed by atoms with Crippen LogP contribution in [0.15, 0.2) is 17.2 Å². The number of hydrogen-bond acceptors (Lipinski definition) is 4. The lowest BCUT2D eigenvalue weighted by Gasteiger charge is -2.23. The molecule has 0 saturated carbocycles. The third kappa shape index (κ3) is 2.93. The third-order valence-electron chi connectivity index (χ3n) is 3.68. The van der Waals surface area contributed by atoms with Crippen molar-refractivity contribution in [1.29, 1.82) is 0 Å². The molecule has 0 radical (unpaired) electrons. The lowest BCUT2D eigenvalue weighted by atomic mass is 9.91. The van der Waals surface area contributed by atoms with Crippen molar-refractivity contribution in [1.82, 2.24) is 10.1 Å². The number of aromatic nitrogens is 1. The first-order valence-corrected chi connectivity index (χ1v) is 6.99. The lowest BCUT2D eigenvalue weighted by molar-refractivity contribution is -0.133. The molecule has 2 unspecified atom stereocenters. The Hall–Kier alpha value is -1.62. The molecule has 2 rings (SSSR count). The number of aliphatic hydroxyl groups is 1. The summed E-state index contributed by atoms with van der Waals surface area (Å²) in [6, 6.07) is 1.79. The van der Waals surface area contributed by atoms with E-state index in [1.165, 1.54) is 0 Å². The van der Waals surface area contributed by atoms with Gasteiger partial charge in [0.05, 0.1) is 6.10 Å². The highest BCUT2D eigenvalue weighted by Crippen LogP contribution is 2.29. The van der Waals surface area contributed by atoms with Crippen molar-refractivity contribution < 1.29 is 14.4 Å². The highest BCUT2D eigenvalue weighted by molar-refractivity contribution is 5.84. The van der Waals surface area contributed by atoms with E-state index in [0.29, 0.717) is 31.0 Å². The van der Waals surface area contributed by atoms with Gasteiger partial charge in [-0.05, 0) is 24.8 Å². The zero-order chi connectivity index (χ0) is 14.9. The highest BCUT2D eigenvalue weighted by Gasteiger charge is 2.35. The highest BCUT2D eigenvalue weighted by atomic mass is 16.5. The fraction of sp³-hybridized carbons (Fsp3) is 0.600. The van der Waals surface area contributed by atoms with Gasteiger partial charge in [0.2, 0.25) is 5.91 Å². The van der Waals surface area contributed by atoms with Crippen molar-refractivity contribution in [3.05, 3.63) is 24.1 Å². The molecule has 0 bridgehead atoms. The number of carbonyl (C=O) groups excluding carboxylic acids is 1. The predicted octanol–water partition coefficient (Wildman–Crippen LogP) is 2.04. The number of likely N-dealkylation sites (tertiary alicyclic amines) is 1. The maximum atomic E-state index is 12.6. The molecule has 0 aromatic carbocycles. The molecule has 2 heterocycles. The van der Waals surface area contributed by atoms with E-state index in [1.54, 1.807) is 11.0 Å². The van der Waals surface area contributed by atoms with Crippen molar-refractivity contribution in [3.63, 3.8) is 0 Å². The topological polar surface area (TPSA) is 66.6 Å². The van der Waals surface area contributed by atoms with Crippen molar-refractivity contribution in [3.8, 4) is 0 Å². The van der Waals surface area contributed by atoms with Crippen LogP contribution in [0.4, 0.5) is 0 Å². The number of carbonyl (C=O) groups is 1. The van der Waals surface area contributed by atoms with E-state index in [9.17, 15) is 9.90 Å². The van der Waals surface area contributed by atoms with Gasteiger partial charge in [-0.2, -0.15) is 0 Å². The molecule has 1 aliphatic heterocycles. The molecular formula is C15H22N2O3. The molecule has 1 aromatic heterocycles.